The Labute approximate surface area is 201 Å². The first-order valence-electron chi connectivity index (χ1n) is 11.6. The van der Waals surface area contributed by atoms with E-state index in [0.29, 0.717) is 31.2 Å². The molecule has 34 heavy (non-hydrogen) atoms. The summed E-state index contributed by atoms with van der Waals surface area (Å²) in [7, 11) is 0. The summed E-state index contributed by atoms with van der Waals surface area (Å²) in [4.78, 5) is 24.3. The lowest BCUT2D eigenvalue weighted by Crippen LogP contribution is -2.25. The molecular formula is C29H32N2O3. The summed E-state index contributed by atoms with van der Waals surface area (Å²) in [5.41, 5.74) is 3.58. The normalized spacial score (nSPS) is 10.9. The first-order chi connectivity index (χ1) is 16.5. The van der Waals surface area contributed by atoms with Crippen molar-refractivity contribution in [2.24, 2.45) is 5.92 Å². The second-order valence-corrected chi connectivity index (χ2v) is 8.53. The molecule has 3 rings (SSSR count). The average molecular weight is 457 g/mol. The maximum atomic E-state index is 12.2. The van der Waals surface area contributed by atoms with Crippen molar-refractivity contribution in [2.45, 2.75) is 33.4 Å². The van der Waals surface area contributed by atoms with Crippen LogP contribution in [0.1, 0.15) is 47.3 Å². The molecule has 0 unspecified atom stereocenters. The second kappa shape index (κ2) is 13.0. The molecule has 0 aliphatic carbocycles. The summed E-state index contributed by atoms with van der Waals surface area (Å²) < 4.78 is 5.78. The number of carbonyl (C=O) groups is 2. The largest absolute Gasteiger partial charge is 0.489 e. The fourth-order valence-electron chi connectivity index (χ4n) is 3.19. The molecule has 0 heterocycles. The van der Waals surface area contributed by atoms with E-state index in [1.807, 2.05) is 66.7 Å². The van der Waals surface area contributed by atoms with Crippen molar-refractivity contribution in [3.05, 3.63) is 107 Å². The van der Waals surface area contributed by atoms with Crippen molar-refractivity contribution in [3.63, 3.8) is 0 Å². The summed E-state index contributed by atoms with van der Waals surface area (Å²) in [5.74, 6) is 1.08. The molecule has 0 saturated heterocycles. The zero-order chi connectivity index (χ0) is 24.2. The van der Waals surface area contributed by atoms with E-state index in [4.69, 9.17) is 4.74 Å². The fourth-order valence-corrected chi connectivity index (χ4v) is 3.19. The molecule has 2 amide bonds. The third kappa shape index (κ3) is 8.58. The molecule has 176 valence electrons. The van der Waals surface area contributed by atoms with E-state index in [1.165, 1.54) is 6.08 Å². The molecule has 2 N–H and O–H groups in total. The zero-order valence-corrected chi connectivity index (χ0v) is 19.8. The van der Waals surface area contributed by atoms with Crippen molar-refractivity contribution < 1.29 is 14.3 Å². The Hall–Kier alpha value is -3.86. The van der Waals surface area contributed by atoms with E-state index in [1.54, 1.807) is 18.2 Å². The molecule has 5 nitrogen and oxygen atoms in total. The lowest BCUT2D eigenvalue weighted by molar-refractivity contribution is -0.116. The number of carbonyl (C=O) groups excluding carboxylic acids is 2. The van der Waals surface area contributed by atoms with Crippen LogP contribution in [0.4, 0.5) is 0 Å². The maximum absolute atomic E-state index is 12.2. The number of hydrogen-bond donors (Lipinski definition) is 2. The van der Waals surface area contributed by atoms with Crippen LogP contribution in [0.5, 0.6) is 5.75 Å². The van der Waals surface area contributed by atoms with Crippen LogP contribution >= 0.6 is 0 Å². The van der Waals surface area contributed by atoms with Gasteiger partial charge in [-0.2, -0.15) is 0 Å². The molecule has 0 fully saturated rings. The van der Waals surface area contributed by atoms with Gasteiger partial charge in [0, 0.05) is 24.7 Å². The molecule has 0 aromatic heterocycles. The summed E-state index contributed by atoms with van der Waals surface area (Å²) in [6.45, 7) is 5.84. The molecular weight excluding hydrogens is 424 g/mol. The van der Waals surface area contributed by atoms with E-state index >= 15 is 0 Å². The van der Waals surface area contributed by atoms with Crippen LogP contribution in [0, 0.1) is 5.92 Å². The Kier molecular flexibility index (Phi) is 9.47. The van der Waals surface area contributed by atoms with Crippen LogP contribution in [0.2, 0.25) is 0 Å². The maximum Gasteiger partial charge on any atom is 0.251 e. The lowest BCUT2D eigenvalue weighted by Gasteiger charge is -2.08. The quantitative estimate of drug-likeness (QED) is 0.381. The van der Waals surface area contributed by atoms with Crippen LogP contribution in [0.3, 0.4) is 0 Å². The molecule has 3 aromatic carbocycles. The highest BCUT2D eigenvalue weighted by molar-refractivity contribution is 5.94. The van der Waals surface area contributed by atoms with Gasteiger partial charge in [0.05, 0.1) is 0 Å². The predicted molar refractivity (Wildman–Crippen MR) is 136 cm³/mol. The number of hydrogen-bond acceptors (Lipinski definition) is 3. The number of ether oxygens (including phenoxy) is 1. The van der Waals surface area contributed by atoms with Gasteiger partial charge < -0.3 is 15.4 Å². The topological polar surface area (TPSA) is 67.4 Å². The predicted octanol–water partition coefficient (Wildman–Crippen LogP) is 5.37. The van der Waals surface area contributed by atoms with E-state index < -0.39 is 0 Å². The number of benzene rings is 3. The smallest absolute Gasteiger partial charge is 0.251 e. The molecule has 0 spiro atoms. The summed E-state index contributed by atoms with van der Waals surface area (Å²) in [6, 6.07) is 24.9. The van der Waals surface area contributed by atoms with Crippen molar-refractivity contribution in [3.8, 4) is 5.75 Å². The van der Waals surface area contributed by atoms with Gasteiger partial charge in [-0.1, -0.05) is 68.4 Å². The third-order valence-electron chi connectivity index (χ3n) is 5.25. The van der Waals surface area contributed by atoms with Crippen LogP contribution in [0.15, 0.2) is 84.9 Å². The van der Waals surface area contributed by atoms with Gasteiger partial charge >= 0.3 is 0 Å². The summed E-state index contributed by atoms with van der Waals surface area (Å²) >= 11 is 0. The minimum atomic E-state index is -0.181. The molecule has 0 bridgehead atoms. The summed E-state index contributed by atoms with van der Waals surface area (Å²) in [6.07, 6.45) is 4.23. The van der Waals surface area contributed by atoms with Crippen molar-refractivity contribution in [1.29, 1.82) is 0 Å². The van der Waals surface area contributed by atoms with Crippen molar-refractivity contribution in [1.82, 2.24) is 10.6 Å². The highest BCUT2D eigenvalue weighted by Gasteiger charge is 2.06. The van der Waals surface area contributed by atoms with Crippen LogP contribution in [-0.4, -0.2) is 18.4 Å². The van der Waals surface area contributed by atoms with Crippen molar-refractivity contribution in [2.75, 3.05) is 6.54 Å². The molecule has 3 aromatic rings. The van der Waals surface area contributed by atoms with Gasteiger partial charge in [0.25, 0.3) is 5.91 Å². The van der Waals surface area contributed by atoms with Gasteiger partial charge in [0.15, 0.2) is 0 Å². The SMILES string of the molecule is CC(C)CCNC(=O)c1ccc(CNC(=O)C=Cc2ccc(OCc3ccccc3)cc2)cc1. The first kappa shape index (κ1) is 24.8. The first-order valence-corrected chi connectivity index (χ1v) is 11.6. The highest BCUT2D eigenvalue weighted by atomic mass is 16.5. The van der Waals surface area contributed by atoms with Gasteiger partial charge in [0.2, 0.25) is 5.91 Å². The van der Waals surface area contributed by atoms with Gasteiger partial charge in [-0.25, -0.2) is 0 Å². The van der Waals surface area contributed by atoms with E-state index in [9.17, 15) is 9.59 Å². The monoisotopic (exact) mass is 456 g/mol. The van der Waals surface area contributed by atoms with Crippen LogP contribution < -0.4 is 15.4 Å². The molecule has 5 heteroatoms. The Morgan fingerprint density at radius 1 is 0.853 bits per heavy atom. The molecule has 0 saturated carbocycles. The van der Waals surface area contributed by atoms with Gasteiger partial charge in [-0.3, -0.25) is 9.59 Å². The van der Waals surface area contributed by atoms with Gasteiger partial charge in [-0.15, -0.1) is 0 Å². The fraction of sp³-hybridized carbons (Fsp3) is 0.241. The Bertz CT molecular complexity index is 1070. The molecule has 0 aliphatic heterocycles. The van der Waals surface area contributed by atoms with Gasteiger partial charge in [0.1, 0.15) is 12.4 Å². The Morgan fingerprint density at radius 2 is 1.56 bits per heavy atom. The number of nitrogens with one attached hydrogen (secondary N) is 2. The van der Waals surface area contributed by atoms with E-state index in [-0.39, 0.29) is 11.8 Å². The lowest BCUT2D eigenvalue weighted by atomic mass is 10.1. The van der Waals surface area contributed by atoms with E-state index in [2.05, 4.69) is 24.5 Å². The number of amides is 2. The minimum Gasteiger partial charge on any atom is -0.489 e. The second-order valence-electron chi connectivity index (χ2n) is 8.53. The average Bonchev–Trinajstić information content (AvgIpc) is 2.86. The Morgan fingerprint density at radius 3 is 2.24 bits per heavy atom. The van der Waals surface area contributed by atoms with E-state index in [0.717, 1.165) is 28.9 Å². The molecule has 0 atom stereocenters. The molecule has 0 aliphatic rings. The van der Waals surface area contributed by atoms with Gasteiger partial charge in [-0.05, 0) is 59.4 Å². The Balaban J connectivity index is 1.41. The number of rotatable bonds is 11. The van der Waals surface area contributed by atoms with Crippen LogP contribution in [0.25, 0.3) is 6.08 Å². The minimum absolute atomic E-state index is 0.0735. The molecule has 0 radical (unpaired) electrons. The van der Waals surface area contributed by atoms with Crippen molar-refractivity contribution >= 4 is 17.9 Å². The highest BCUT2D eigenvalue weighted by Crippen LogP contribution is 2.15. The third-order valence-corrected chi connectivity index (χ3v) is 5.25. The standard InChI is InChI=1S/C29H32N2O3/c1-22(2)18-19-30-29(33)26-13-8-24(9-14-26)20-31-28(32)17-12-23-10-15-27(16-11-23)34-21-25-6-4-3-5-7-25/h3-17,22H,18-21H2,1-2H3,(H,30,33)(H,31,32). The summed E-state index contributed by atoms with van der Waals surface area (Å²) in [5, 5.41) is 5.79. The van der Waals surface area contributed by atoms with Crippen LogP contribution in [-0.2, 0) is 17.9 Å². The zero-order valence-electron chi connectivity index (χ0n) is 19.8.